The minimum absolute atomic E-state index is 0.322. The first-order valence-corrected chi connectivity index (χ1v) is 8.88. The Hall–Kier alpha value is -2.55. The van der Waals surface area contributed by atoms with Gasteiger partial charge in [0.1, 0.15) is 0 Å². The first-order valence-electron chi connectivity index (χ1n) is 8.88. The fraction of sp³-hybridized carbons (Fsp3) is 0.318. The van der Waals surface area contributed by atoms with Crippen LogP contribution < -0.4 is 9.47 Å². The fourth-order valence-corrected chi connectivity index (χ4v) is 3.33. The number of rotatable bonds is 4. The number of ether oxygens (including phenoxy) is 2. The molecule has 0 N–H and O–H groups in total. The van der Waals surface area contributed by atoms with Crippen molar-refractivity contribution < 1.29 is 9.47 Å². The Labute approximate surface area is 148 Å². The SMILES string of the molecule is CC(C)c1cnc2ccc(CC(C)c3ccc4c(c3)OCO4)cc2c1. The van der Waals surface area contributed by atoms with Crippen LogP contribution in [0, 0.1) is 0 Å². The van der Waals surface area contributed by atoms with E-state index < -0.39 is 0 Å². The van der Waals surface area contributed by atoms with Gasteiger partial charge < -0.3 is 9.47 Å². The van der Waals surface area contributed by atoms with E-state index in [4.69, 9.17) is 9.47 Å². The van der Waals surface area contributed by atoms with Gasteiger partial charge in [-0.05, 0) is 65.3 Å². The lowest BCUT2D eigenvalue weighted by molar-refractivity contribution is 0.174. The molecule has 1 unspecified atom stereocenters. The van der Waals surface area contributed by atoms with Crippen LogP contribution in [0.15, 0.2) is 48.7 Å². The molecule has 1 aliphatic rings. The van der Waals surface area contributed by atoms with Crippen LogP contribution in [0.5, 0.6) is 11.5 Å². The van der Waals surface area contributed by atoms with Crippen LogP contribution >= 0.6 is 0 Å². The van der Waals surface area contributed by atoms with Gasteiger partial charge in [0, 0.05) is 11.6 Å². The fourth-order valence-electron chi connectivity index (χ4n) is 3.33. The zero-order valence-electron chi connectivity index (χ0n) is 15.0. The molecule has 0 aliphatic carbocycles. The van der Waals surface area contributed by atoms with Crippen molar-refractivity contribution in [2.45, 2.75) is 39.0 Å². The standard InChI is InChI=1S/C22H23NO2/c1-14(2)19-10-18-9-16(4-6-20(18)23-12-19)8-15(3)17-5-7-21-22(11-17)25-13-24-21/h4-7,9-12,14-15H,8,13H2,1-3H3. The Kier molecular flexibility index (Phi) is 4.08. The molecule has 0 radical (unpaired) electrons. The van der Waals surface area contributed by atoms with Crippen molar-refractivity contribution in [2.75, 3.05) is 6.79 Å². The molecule has 25 heavy (non-hydrogen) atoms. The predicted octanol–water partition coefficient (Wildman–Crippen LogP) is 5.43. The van der Waals surface area contributed by atoms with E-state index in [1.54, 1.807) is 0 Å². The number of fused-ring (bicyclic) bond motifs is 2. The van der Waals surface area contributed by atoms with E-state index in [1.165, 1.54) is 22.1 Å². The first-order chi connectivity index (χ1) is 12.1. The average Bonchev–Trinajstić information content (AvgIpc) is 3.08. The van der Waals surface area contributed by atoms with E-state index >= 15 is 0 Å². The molecule has 0 saturated carbocycles. The quantitative estimate of drug-likeness (QED) is 0.637. The maximum atomic E-state index is 5.50. The lowest BCUT2D eigenvalue weighted by Crippen LogP contribution is -1.99. The van der Waals surface area contributed by atoms with Gasteiger partial charge in [0.05, 0.1) is 5.52 Å². The normalized spacial score (nSPS) is 14.2. The summed E-state index contributed by atoms with van der Waals surface area (Å²) in [6, 6.07) is 15.1. The first kappa shape index (κ1) is 15.9. The maximum absolute atomic E-state index is 5.50. The molecule has 3 aromatic rings. The molecule has 3 nitrogen and oxygen atoms in total. The van der Waals surface area contributed by atoms with E-state index in [2.05, 4.69) is 62.2 Å². The molecule has 0 saturated heterocycles. The van der Waals surface area contributed by atoms with Crippen LogP contribution in [0.1, 0.15) is 49.3 Å². The van der Waals surface area contributed by atoms with E-state index in [0.29, 0.717) is 18.6 Å². The molecule has 2 heterocycles. The highest BCUT2D eigenvalue weighted by molar-refractivity contribution is 5.79. The minimum atomic E-state index is 0.322. The molecule has 1 atom stereocenters. The molecule has 0 amide bonds. The van der Waals surface area contributed by atoms with Gasteiger partial charge in [-0.3, -0.25) is 4.98 Å². The molecular formula is C22H23NO2. The van der Waals surface area contributed by atoms with Crippen LogP contribution in [0.4, 0.5) is 0 Å². The van der Waals surface area contributed by atoms with E-state index in [0.717, 1.165) is 23.4 Å². The number of pyridine rings is 1. The summed E-state index contributed by atoms with van der Waals surface area (Å²) in [5.74, 6) is 2.60. The summed E-state index contributed by atoms with van der Waals surface area (Å²) in [5.41, 5.74) is 4.95. The van der Waals surface area contributed by atoms with Gasteiger partial charge in [-0.25, -0.2) is 0 Å². The second-order valence-electron chi connectivity index (χ2n) is 7.17. The van der Waals surface area contributed by atoms with Gasteiger partial charge in [0.15, 0.2) is 11.5 Å². The summed E-state index contributed by atoms with van der Waals surface area (Å²) in [7, 11) is 0. The molecule has 0 bridgehead atoms. The molecule has 2 aromatic carbocycles. The number of hydrogen-bond donors (Lipinski definition) is 0. The number of hydrogen-bond acceptors (Lipinski definition) is 3. The number of aromatic nitrogens is 1. The maximum Gasteiger partial charge on any atom is 0.231 e. The van der Waals surface area contributed by atoms with Crippen LogP contribution in [-0.2, 0) is 6.42 Å². The topological polar surface area (TPSA) is 31.4 Å². The summed E-state index contributed by atoms with van der Waals surface area (Å²) in [4.78, 5) is 4.59. The van der Waals surface area contributed by atoms with E-state index in [-0.39, 0.29) is 0 Å². The van der Waals surface area contributed by atoms with E-state index in [1.807, 2.05) is 12.3 Å². The Morgan fingerprint density at radius 1 is 0.920 bits per heavy atom. The molecule has 0 fully saturated rings. The van der Waals surface area contributed by atoms with Crippen molar-refractivity contribution in [3.8, 4) is 11.5 Å². The van der Waals surface area contributed by atoms with Crippen molar-refractivity contribution in [3.05, 3.63) is 65.4 Å². The highest BCUT2D eigenvalue weighted by Gasteiger charge is 2.16. The Morgan fingerprint density at radius 2 is 1.76 bits per heavy atom. The lowest BCUT2D eigenvalue weighted by Gasteiger charge is -2.14. The highest BCUT2D eigenvalue weighted by Crippen LogP contribution is 2.35. The minimum Gasteiger partial charge on any atom is -0.454 e. The van der Waals surface area contributed by atoms with Gasteiger partial charge in [-0.2, -0.15) is 0 Å². The van der Waals surface area contributed by atoms with Crippen molar-refractivity contribution in [1.82, 2.24) is 4.98 Å². The summed E-state index contributed by atoms with van der Waals surface area (Å²) in [5, 5.41) is 1.22. The third-order valence-corrected chi connectivity index (χ3v) is 4.94. The van der Waals surface area contributed by atoms with Gasteiger partial charge in [0.25, 0.3) is 0 Å². The van der Waals surface area contributed by atoms with Crippen molar-refractivity contribution in [2.24, 2.45) is 0 Å². The molecule has 128 valence electrons. The monoisotopic (exact) mass is 333 g/mol. The van der Waals surface area contributed by atoms with Gasteiger partial charge >= 0.3 is 0 Å². The Morgan fingerprint density at radius 3 is 2.60 bits per heavy atom. The zero-order valence-corrected chi connectivity index (χ0v) is 15.0. The summed E-state index contributed by atoms with van der Waals surface area (Å²) >= 11 is 0. The van der Waals surface area contributed by atoms with Crippen molar-refractivity contribution >= 4 is 10.9 Å². The lowest BCUT2D eigenvalue weighted by atomic mass is 9.92. The summed E-state index contributed by atoms with van der Waals surface area (Å²) in [6.45, 7) is 6.98. The summed E-state index contributed by atoms with van der Waals surface area (Å²) < 4.78 is 10.9. The summed E-state index contributed by atoms with van der Waals surface area (Å²) in [6.07, 6.45) is 2.98. The average molecular weight is 333 g/mol. The molecule has 1 aliphatic heterocycles. The molecule has 0 spiro atoms. The van der Waals surface area contributed by atoms with Crippen LogP contribution in [0.2, 0.25) is 0 Å². The third kappa shape index (κ3) is 3.19. The second-order valence-corrected chi connectivity index (χ2v) is 7.17. The van der Waals surface area contributed by atoms with E-state index in [9.17, 15) is 0 Å². The number of benzene rings is 2. The van der Waals surface area contributed by atoms with Gasteiger partial charge in [-0.1, -0.05) is 32.9 Å². The van der Waals surface area contributed by atoms with Crippen molar-refractivity contribution in [1.29, 1.82) is 0 Å². The third-order valence-electron chi connectivity index (χ3n) is 4.94. The Balaban J connectivity index is 1.59. The highest BCUT2D eigenvalue weighted by atomic mass is 16.7. The van der Waals surface area contributed by atoms with Crippen LogP contribution in [0.25, 0.3) is 10.9 Å². The largest absolute Gasteiger partial charge is 0.454 e. The molecular weight excluding hydrogens is 310 g/mol. The van der Waals surface area contributed by atoms with Crippen LogP contribution in [-0.4, -0.2) is 11.8 Å². The molecule has 1 aromatic heterocycles. The molecule has 3 heteroatoms. The van der Waals surface area contributed by atoms with Gasteiger partial charge in [0.2, 0.25) is 6.79 Å². The smallest absolute Gasteiger partial charge is 0.231 e. The number of nitrogens with zero attached hydrogens (tertiary/aromatic N) is 1. The molecule has 4 rings (SSSR count). The predicted molar refractivity (Wildman–Crippen MR) is 101 cm³/mol. The van der Waals surface area contributed by atoms with Crippen molar-refractivity contribution in [3.63, 3.8) is 0 Å². The van der Waals surface area contributed by atoms with Crippen LogP contribution in [0.3, 0.4) is 0 Å². The van der Waals surface area contributed by atoms with Gasteiger partial charge in [-0.15, -0.1) is 0 Å². The zero-order chi connectivity index (χ0) is 17.4. The second kappa shape index (κ2) is 6.40. The Bertz CT molecular complexity index is 917.